The minimum absolute atomic E-state index is 0.371. The summed E-state index contributed by atoms with van der Waals surface area (Å²) in [5.74, 6) is -17.3. The summed E-state index contributed by atoms with van der Waals surface area (Å²) >= 11 is 0. The molecule has 1 aliphatic heterocycles. The first-order valence-electron chi connectivity index (χ1n) is 6.61. The smallest absolute Gasteiger partial charge is 0.336 e. The van der Waals surface area contributed by atoms with Gasteiger partial charge in [0.15, 0.2) is 11.5 Å². The Hall–Kier alpha value is -3.15. The Kier molecular flexibility index (Phi) is 3.13. The lowest BCUT2D eigenvalue weighted by Gasteiger charge is -2.49. The molecule has 3 rings (SSSR count). The van der Waals surface area contributed by atoms with E-state index in [1.54, 1.807) is 0 Å². The van der Waals surface area contributed by atoms with Gasteiger partial charge in [-0.3, -0.25) is 4.79 Å². The number of hydrogen-bond donors (Lipinski definition) is 7. The van der Waals surface area contributed by atoms with Crippen molar-refractivity contribution in [2.45, 2.75) is 17.5 Å². The van der Waals surface area contributed by atoms with Crippen LogP contribution < -0.4 is 4.74 Å². The molecule has 0 saturated heterocycles. The van der Waals surface area contributed by atoms with Crippen molar-refractivity contribution in [3.63, 3.8) is 0 Å². The lowest BCUT2D eigenvalue weighted by Crippen LogP contribution is -2.70. The number of rotatable bonds is 2. The van der Waals surface area contributed by atoms with E-state index in [9.17, 15) is 50.1 Å². The molecule has 25 heavy (non-hydrogen) atoms. The number of carbonyl (C=O) groups is 3. The monoisotopic (exact) mass is 354 g/mol. The summed E-state index contributed by atoms with van der Waals surface area (Å²) in [6.45, 7) is 0. The summed E-state index contributed by atoms with van der Waals surface area (Å²) in [6, 6.07) is 0.538. The standard InChI is InChI=1S/C14H10O11/c15-5-1-3(11(18)19)7-8-4(12(20)21)2-6(16)14(24,13(8,22)23)25-10(7)9(5)17/h1-2,8,15,17,22-24H,(H,18,19)(H,20,21). The number of carboxylic acids is 2. The van der Waals surface area contributed by atoms with Crippen LogP contribution in [0.5, 0.6) is 17.2 Å². The molecule has 0 spiro atoms. The van der Waals surface area contributed by atoms with Gasteiger partial charge in [0, 0.05) is 5.56 Å². The minimum Gasteiger partial charge on any atom is -0.504 e. The molecule has 11 heteroatoms. The Morgan fingerprint density at radius 1 is 1.08 bits per heavy atom. The van der Waals surface area contributed by atoms with Gasteiger partial charge in [0.05, 0.1) is 17.1 Å². The van der Waals surface area contributed by atoms with Gasteiger partial charge in [-0.1, -0.05) is 0 Å². The number of aromatic carboxylic acids is 1. The van der Waals surface area contributed by atoms with Gasteiger partial charge in [0.2, 0.25) is 11.5 Å². The third kappa shape index (κ3) is 1.88. The van der Waals surface area contributed by atoms with Gasteiger partial charge in [0.25, 0.3) is 5.79 Å². The lowest BCUT2D eigenvalue weighted by molar-refractivity contribution is -0.339. The molecule has 7 N–H and O–H groups in total. The van der Waals surface area contributed by atoms with Gasteiger partial charge in [-0.15, -0.1) is 0 Å². The van der Waals surface area contributed by atoms with E-state index in [-0.39, 0.29) is 0 Å². The average Bonchev–Trinajstić information content (AvgIpc) is 2.48. The quantitative estimate of drug-likeness (QED) is 0.234. The second-order valence-electron chi connectivity index (χ2n) is 5.51. The maximum Gasteiger partial charge on any atom is 0.336 e. The number of fused-ring (bicyclic) bond motifs is 4. The largest absolute Gasteiger partial charge is 0.504 e. The fraction of sp³-hybridized carbons (Fsp3) is 0.214. The summed E-state index contributed by atoms with van der Waals surface area (Å²) in [4.78, 5) is 34.8. The topological polar surface area (TPSA) is 202 Å². The summed E-state index contributed by atoms with van der Waals surface area (Å²) in [7, 11) is 0. The summed E-state index contributed by atoms with van der Waals surface area (Å²) in [6.07, 6.45) is 0.371. The van der Waals surface area contributed by atoms with Crippen LogP contribution in [0.2, 0.25) is 0 Å². The number of carboxylic acid groups (broad SMARTS) is 2. The van der Waals surface area contributed by atoms with Gasteiger partial charge in [-0.2, -0.15) is 0 Å². The Morgan fingerprint density at radius 2 is 1.68 bits per heavy atom. The average molecular weight is 354 g/mol. The summed E-state index contributed by atoms with van der Waals surface area (Å²) in [5, 5.41) is 68.7. The number of phenolic OH excluding ortho intramolecular Hbond substituents is 2. The van der Waals surface area contributed by atoms with E-state index in [4.69, 9.17) is 4.74 Å². The van der Waals surface area contributed by atoms with Crippen LogP contribution in [0.4, 0.5) is 0 Å². The zero-order chi connectivity index (χ0) is 18.9. The number of aliphatic carboxylic acids is 1. The third-order valence-electron chi connectivity index (χ3n) is 4.12. The highest BCUT2D eigenvalue weighted by molar-refractivity contribution is 6.07. The summed E-state index contributed by atoms with van der Waals surface area (Å²) < 4.78 is 4.74. The van der Waals surface area contributed by atoms with Crippen LogP contribution in [-0.4, -0.2) is 65.0 Å². The number of aliphatic hydroxyl groups is 3. The number of phenols is 2. The Labute approximate surface area is 137 Å². The first-order chi connectivity index (χ1) is 11.4. The van der Waals surface area contributed by atoms with Crippen LogP contribution >= 0.6 is 0 Å². The number of ketones is 1. The number of carbonyl (C=O) groups excluding carboxylic acids is 1. The molecule has 0 amide bonds. The maximum absolute atomic E-state index is 12.0. The number of aromatic hydroxyl groups is 2. The van der Waals surface area contributed by atoms with Crippen molar-refractivity contribution >= 4 is 17.7 Å². The second kappa shape index (κ2) is 4.69. The molecule has 11 nitrogen and oxygen atoms in total. The minimum atomic E-state index is -3.56. The van der Waals surface area contributed by atoms with E-state index in [2.05, 4.69) is 0 Å². The van der Waals surface area contributed by atoms with Crippen molar-refractivity contribution < 1.29 is 54.9 Å². The van der Waals surface area contributed by atoms with Crippen molar-refractivity contribution in [2.24, 2.45) is 0 Å². The molecule has 2 aliphatic rings. The normalized spacial score (nSPS) is 26.3. The first kappa shape index (κ1) is 16.7. The van der Waals surface area contributed by atoms with Gasteiger partial charge in [-0.25, -0.2) is 9.59 Å². The first-order valence-corrected chi connectivity index (χ1v) is 6.61. The van der Waals surface area contributed by atoms with Crippen molar-refractivity contribution in [1.29, 1.82) is 0 Å². The Balaban J connectivity index is 2.49. The van der Waals surface area contributed by atoms with Crippen molar-refractivity contribution in [3.05, 3.63) is 28.8 Å². The Morgan fingerprint density at radius 3 is 2.20 bits per heavy atom. The molecule has 132 valence electrons. The van der Waals surface area contributed by atoms with Crippen molar-refractivity contribution in [1.82, 2.24) is 0 Å². The van der Waals surface area contributed by atoms with Crippen molar-refractivity contribution in [3.8, 4) is 17.2 Å². The molecule has 1 aromatic rings. The molecule has 0 radical (unpaired) electrons. The van der Waals surface area contributed by atoms with Crippen LogP contribution in [0, 0.1) is 0 Å². The highest BCUT2D eigenvalue weighted by Gasteiger charge is 2.69. The van der Waals surface area contributed by atoms with Crippen LogP contribution in [0.1, 0.15) is 21.8 Å². The van der Waals surface area contributed by atoms with Gasteiger partial charge >= 0.3 is 17.7 Å². The second-order valence-corrected chi connectivity index (χ2v) is 5.51. The lowest BCUT2D eigenvalue weighted by atomic mass is 9.70. The fourth-order valence-electron chi connectivity index (χ4n) is 2.95. The molecule has 2 bridgehead atoms. The highest BCUT2D eigenvalue weighted by atomic mass is 16.7. The zero-order valence-corrected chi connectivity index (χ0v) is 12.0. The third-order valence-corrected chi connectivity index (χ3v) is 4.12. The van der Waals surface area contributed by atoms with E-state index in [1.165, 1.54) is 0 Å². The van der Waals surface area contributed by atoms with E-state index < -0.39 is 69.2 Å². The van der Waals surface area contributed by atoms with E-state index >= 15 is 0 Å². The molecule has 1 aromatic carbocycles. The van der Waals surface area contributed by atoms with Crippen LogP contribution in [0.15, 0.2) is 17.7 Å². The molecule has 0 aromatic heterocycles. The summed E-state index contributed by atoms with van der Waals surface area (Å²) in [5.41, 5.74) is -2.51. The molecule has 2 unspecified atom stereocenters. The number of hydrogen-bond acceptors (Lipinski definition) is 9. The van der Waals surface area contributed by atoms with Gasteiger partial charge < -0.3 is 40.5 Å². The molecular weight excluding hydrogens is 344 g/mol. The van der Waals surface area contributed by atoms with E-state index in [1.807, 2.05) is 0 Å². The molecule has 0 saturated carbocycles. The molecule has 1 heterocycles. The molecular formula is C14H10O11. The Bertz CT molecular complexity index is 881. The number of ether oxygens (including phenoxy) is 1. The number of benzene rings is 1. The van der Waals surface area contributed by atoms with E-state index in [0.717, 1.165) is 0 Å². The van der Waals surface area contributed by atoms with Gasteiger partial charge in [-0.05, 0) is 12.1 Å². The highest BCUT2D eigenvalue weighted by Crippen LogP contribution is 2.57. The maximum atomic E-state index is 12.0. The molecule has 1 aliphatic carbocycles. The van der Waals surface area contributed by atoms with E-state index in [0.29, 0.717) is 12.1 Å². The predicted octanol–water partition coefficient (Wildman–Crippen LogP) is -1.76. The van der Waals surface area contributed by atoms with Gasteiger partial charge in [0.1, 0.15) is 0 Å². The molecule has 0 fully saturated rings. The predicted molar refractivity (Wildman–Crippen MR) is 72.9 cm³/mol. The van der Waals surface area contributed by atoms with Crippen LogP contribution in [-0.2, 0) is 9.59 Å². The van der Waals surface area contributed by atoms with Crippen molar-refractivity contribution in [2.75, 3.05) is 0 Å². The van der Waals surface area contributed by atoms with Crippen LogP contribution in [0.25, 0.3) is 0 Å². The molecule has 2 atom stereocenters. The van der Waals surface area contributed by atoms with Crippen LogP contribution in [0.3, 0.4) is 0 Å². The zero-order valence-electron chi connectivity index (χ0n) is 12.0. The SMILES string of the molecule is O=C(O)C1=CC(=O)C2(O)Oc3c(O)c(O)cc(C(=O)O)c3C1C2(O)O. The fourth-order valence-corrected chi connectivity index (χ4v) is 2.95.